The summed E-state index contributed by atoms with van der Waals surface area (Å²) in [6.45, 7) is 9.30. The first kappa shape index (κ1) is 20.6. The minimum Gasteiger partial charge on any atom is -0.482 e. The van der Waals surface area contributed by atoms with Crippen LogP contribution >= 0.6 is 0 Å². The Bertz CT molecular complexity index is 1050. The number of esters is 1. The van der Waals surface area contributed by atoms with Gasteiger partial charge in [-0.05, 0) is 49.9 Å². The van der Waals surface area contributed by atoms with Crippen molar-refractivity contribution in [2.75, 3.05) is 6.61 Å². The largest absolute Gasteiger partial charge is 0.482 e. The van der Waals surface area contributed by atoms with E-state index in [4.69, 9.17) is 9.47 Å². The molecule has 0 radical (unpaired) electrons. The van der Waals surface area contributed by atoms with Crippen molar-refractivity contribution in [2.45, 2.75) is 46.6 Å². The molecule has 0 aliphatic heterocycles. The summed E-state index contributed by atoms with van der Waals surface area (Å²) in [5, 5.41) is 0.829. The maximum absolute atomic E-state index is 12.9. The normalized spacial score (nSPS) is 12.2. The summed E-state index contributed by atoms with van der Waals surface area (Å²) in [5.41, 5.74) is 4.29. The van der Waals surface area contributed by atoms with Crippen LogP contribution in [0.4, 0.5) is 0 Å². The number of ketones is 1. The molecule has 29 heavy (non-hydrogen) atoms. The quantitative estimate of drug-likeness (QED) is 0.448. The zero-order valence-electron chi connectivity index (χ0n) is 17.5. The van der Waals surface area contributed by atoms with Crippen LogP contribution in [0.1, 0.15) is 53.9 Å². The Balaban J connectivity index is 1.67. The third-order valence-electron chi connectivity index (χ3n) is 4.95. The number of benzene rings is 2. The predicted octanol–water partition coefficient (Wildman–Crippen LogP) is 5.10. The van der Waals surface area contributed by atoms with Crippen molar-refractivity contribution >= 4 is 22.7 Å². The van der Waals surface area contributed by atoms with Gasteiger partial charge in [-0.2, -0.15) is 0 Å². The molecule has 0 unspecified atom stereocenters. The first-order valence-electron chi connectivity index (χ1n) is 9.82. The number of aromatic nitrogens is 1. The van der Waals surface area contributed by atoms with Crippen molar-refractivity contribution in [3.8, 4) is 5.75 Å². The van der Waals surface area contributed by atoms with Gasteiger partial charge < -0.3 is 14.5 Å². The van der Waals surface area contributed by atoms with Crippen molar-refractivity contribution in [1.82, 2.24) is 4.98 Å². The number of ether oxygens (including phenoxy) is 2. The number of aromatic amines is 1. The van der Waals surface area contributed by atoms with Gasteiger partial charge in [0.25, 0.3) is 0 Å². The fourth-order valence-electron chi connectivity index (χ4n) is 3.46. The molecule has 1 aromatic heterocycles. The average Bonchev–Trinajstić information content (AvgIpc) is 3.01. The maximum atomic E-state index is 12.9. The minimum absolute atomic E-state index is 0.230. The van der Waals surface area contributed by atoms with Crippen LogP contribution in [0.3, 0.4) is 0 Å². The van der Waals surface area contributed by atoms with Crippen molar-refractivity contribution in [2.24, 2.45) is 0 Å². The molecule has 0 bridgehead atoms. The SMILES string of the molecule is Cc1ccc(C(C)C)c(OCC(=O)O[C@H](C)C(=O)c2c(C)[nH]c3ccccc23)c1. The van der Waals surface area contributed by atoms with E-state index in [1.807, 2.05) is 56.3 Å². The molecule has 5 heteroatoms. The number of rotatable bonds is 7. The fraction of sp³-hybridized carbons (Fsp3) is 0.333. The Morgan fingerprint density at radius 2 is 1.76 bits per heavy atom. The van der Waals surface area contributed by atoms with Crippen LogP contribution < -0.4 is 4.74 Å². The highest BCUT2D eigenvalue weighted by atomic mass is 16.6. The van der Waals surface area contributed by atoms with Gasteiger partial charge in [0.2, 0.25) is 5.78 Å². The van der Waals surface area contributed by atoms with Crippen molar-refractivity contribution in [1.29, 1.82) is 0 Å². The van der Waals surface area contributed by atoms with Crippen molar-refractivity contribution < 1.29 is 19.1 Å². The Kier molecular flexibility index (Phi) is 6.06. The molecule has 0 saturated carbocycles. The van der Waals surface area contributed by atoms with Crippen LogP contribution in [-0.2, 0) is 9.53 Å². The van der Waals surface area contributed by atoms with Crippen LogP contribution in [0, 0.1) is 13.8 Å². The number of carbonyl (C=O) groups excluding carboxylic acids is 2. The van der Waals surface area contributed by atoms with Gasteiger partial charge in [-0.25, -0.2) is 4.79 Å². The number of carbonyl (C=O) groups is 2. The van der Waals surface area contributed by atoms with Gasteiger partial charge in [-0.3, -0.25) is 4.79 Å². The number of hydrogen-bond donors (Lipinski definition) is 1. The van der Waals surface area contributed by atoms with Gasteiger partial charge in [0.1, 0.15) is 5.75 Å². The third-order valence-corrected chi connectivity index (χ3v) is 4.95. The molecular weight excluding hydrogens is 366 g/mol. The van der Waals surface area contributed by atoms with E-state index in [9.17, 15) is 9.59 Å². The molecule has 1 N–H and O–H groups in total. The summed E-state index contributed by atoms with van der Waals surface area (Å²) < 4.78 is 11.1. The Morgan fingerprint density at radius 3 is 2.48 bits per heavy atom. The standard InChI is InChI=1S/C24H27NO4/c1-14(2)18-11-10-15(3)12-21(18)28-13-22(26)29-17(5)24(27)23-16(4)25-20-9-7-6-8-19(20)23/h6-12,14,17,25H,13H2,1-5H3/t17-/m1/s1. The molecule has 0 spiro atoms. The number of H-pyrrole nitrogens is 1. The van der Waals surface area contributed by atoms with E-state index in [-0.39, 0.29) is 18.3 Å². The summed E-state index contributed by atoms with van der Waals surface area (Å²) in [6, 6.07) is 13.5. The maximum Gasteiger partial charge on any atom is 0.344 e. The molecular formula is C24H27NO4. The average molecular weight is 393 g/mol. The van der Waals surface area contributed by atoms with Crippen LogP contribution in [0.15, 0.2) is 42.5 Å². The topological polar surface area (TPSA) is 68.4 Å². The van der Waals surface area contributed by atoms with Crippen LogP contribution in [0.25, 0.3) is 10.9 Å². The molecule has 1 heterocycles. The van der Waals surface area contributed by atoms with Gasteiger partial charge in [0.05, 0.1) is 0 Å². The molecule has 2 aromatic carbocycles. The predicted molar refractivity (Wildman–Crippen MR) is 114 cm³/mol. The van der Waals surface area contributed by atoms with Gasteiger partial charge >= 0.3 is 5.97 Å². The number of nitrogens with one attached hydrogen (secondary N) is 1. The van der Waals surface area contributed by atoms with E-state index in [0.717, 1.165) is 27.7 Å². The molecule has 0 aliphatic carbocycles. The monoisotopic (exact) mass is 393 g/mol. The highest BCUT2D eigenvalue weighted by Crippen LogP contribution is 2.28. The molecule has 1 atom stereocenters. The molecule has 0 amide bonds. The summed E-state index contributed by atoms with van der Waals surface area (Å²) in [4.78, 5) is 28.4. The Morgan fingerprint density at radius 1 is 1.03 bits per heavy atom. The van der Waals surface area contributed by atoms with E-state index >= 15 is 0 Å². The fourth-order valence-corrected chi connectivity index (χ4v) is 3.46. The third kappa shape index (κ3) is 4.50. The number of hydrogen-bond acceptors (Lipinski definition) is 4. The lowest BCUT2D eigenvalue weighted by atomic mass is 10.0. The molecule has 3 aromatic rings. The lowest BCUT2D eigenvalue weighted by molar-refractivity contribution is -0.148. The molecule has 0 aliphatic rings. The Hall–Kier alpha value is -3.08. The molecule has 5 nitrogen and oxygen atoms in total. The van der Waals surface area contributed by atoms with E-state index in [1.165, 1.54) is 0 Å². The second kappa shape index (κ2) is 8.52. The lowest BCUT2D eigenvalue weighted by Crippen LogP contribution is -2.27. The number of aryl methyl sites for hydroxylation is 2. The minimum atomic E-state index is -0.897. The second-order valence-electron chi connectivity index (χ2n) is 7.65. The van der Waals surface area contributed by atoms with Gasteiger partial charge in [-0.15, -0.1) is 0 Å². The zero-order valence-corrected chi connectivity index (χ0v) is 17.5. The Labute approximate surface area is 171 Å². The lowest BCUT2D eigenvalue weighted by Gasteiger charge is -2.16. The van der Waals surface area contributed by atoms with Crippen LogP contribution in [0.2, 0.25) is 0 Å². The molecule has 3 rings (SSSR count). The molecule has 0 saturated heterocycles. The first-order valence-corrected chi connectivity index (χ1v) is 9.82. The van der Waals surface area contributed by atoms with Crippen molar-refractivity contribution in [3.63, 3.8) is 0 Å². The van der Waals surface area contributed by atoms with Crippen LogP contribution in [-0.4, -0.2) is 29.4 Å². The zero-order chi connectivity index (χ0) is 21.1. The van der Waals surface area contributed by atoms with Gasteiger partial charge in [0.15, 0.2) is 12.7 Å². The van der Waals surface area contributed by atoms with E-state index in [1.54, 1.807) is 6.92 Å². The first-order chi connectivity index (χ1) is 13.8. The highest BCUT2D eigenvalue weighted by molar-refractivity contribution is 6.11. The van der Waals surface area contributed by atoms with E-state index < -0.39 is 12.1 Å². The molecule has 0 fully saturated rings. The number of para-hydroxylation sites is 1. The smallest absolute Gasteiger partial charge is 0.344 e. The summed E-state index contributed by atoms with van der Waals surface area (Å²) >= 11 is 0. The number of Topliss-reactive ketones (excluding diaryl/α,β-unsaturated/α-hetero) is 1. The summed E-state index contributed by atoms with van der Waals surface area (Å²) in [5.74, 6) is 0.140. The number of fused-ring (bicyclic) bond motifs is 1. The highest BCUT2D eigenvalue weighted by Gasteiger charge is 2.24. The van der Waals surface area contributed by atoms with Gasteiger partial charge in [-0.1, -0.05) is 44.2 Å². The van der Waals surface area contributed by atoms with E-state index in [2.05, 4.69) is 18.8 Å². The second-order valence-corrected chi connectivity index (χ2v) is 7.65. The summed E-state index contributed by atoms with van der Waals surface area (Å²) in [7, 11) is 0. The summed E-state index contributed by atoms with van der Waals surface area (Å²) in [6.07, 6.45) is -0.897. The van der Waals surface area contributed by atoms with Crippen molar-refractivity contribution in [3.05, 3.63) is 64.8 Å². The van der Waals surface area contributed by atoms with Gasteiger partial charge in [0, 0.05) is 22.2 Å². The van der Waals surface area contributed by atoms with Crippen LogP contribution in [0.5, 0.6) is 5.75 Å². The molecule has 152 valence electrons. The van der Waals surface area contributed by atoms with E-state index in [0.29, 0.717) is 11.3 Å².